The molecule has 2 aromatic rings. The van der Waals surface area contributed by atoms with Gasteiger partial charge in [-0.15, -0.1) is 0 Å². The highest BCUT2D eigenvalue weighted by molar-refractivity contribution is 5.87. The second kappa shape index (κ2) is 4.97. The highest BCUT2D eigenvalue weighted by Gasteiger charge is 2.24. The van der Waals surface area contributed by atoms with Crippen molar-refractivity contribution in [2.45, 2.75) is 26.9 Å². The van der Waals surface area contributed by atoms with E-state index >= 15 is 0 Å². The summed E-state index contributed by atoms with van der Waals surface area (Å²) in [6.45, 7) is 4.49. The van der Waals surface area contributed by atoms with Gasteiger partial charge in [0.1, 0.15) is 0 Å². The molecule has 0 spiro atoms. The number of hydrazone groups is 1. The fraction of sp³-hybridized carbons (Fsp3) is 0.429. The number of aryl methyl sites for hydroxylation is 1. The predicted octanol–water partition coefficient (Wildman–Crippen LogP) is 0.298. The van der Waals surface area contributed by atoms with Crippen LogP contribution < -0.4 is 16.3 Å². The van der Waals surface area contributed by atoms with Crippen molar-refractivity contribution in [1.82, 2.24) is 18.7 Å². The van der Waals surface area contributed by atoms with Gasteiger partial charge in [-0.05, 0) is 13.8 Å². The molecule has 0 saturated carbocycles. The van der Waals surface area contributed by atoms with Crippen molar-refractivity contribution in [3.63, 3.8) is 0 Å². The first-order valence-corrected chi connectivity index (χ1v) is 7.04. The molecule has 0 radical (unpaired) electrons. The van der Waals surface area contributed by atoms with E-state index in [0.29, 0.717) is 23.7 Å². The SMILES string of the molecule is CC=CCn1c(=O)c2c(nc3n2CC(C)=NN3C)n(C)c1=O. The molecule has 0 aliphatic carbocycles. The zero-order valence-corrected chi connectivity index (χ0v) is 13.1. The number of nitrogens with zero attached hydrogens (tertiary/aromatic N) is 6. The minimum absolute atomic E-state index is 0.251. The van der Waals surface area contributed by atoms with Crippen LogP contribution in [0.2, 0.25) is 0 Å². The molecule has 3 heterocycles. The average molecular weight is 302 g/mol. The third kappa shape index (κ3) is 1.91. The normalized spacial score (nSPS) is 14.7. The van der Waals surface area contributed by atoms with E-state index in [1.165, 1.54) is 9.13 Å². The van der Waals surface area contributed by atoms with Crippen LogP contribution in [0.25, 0.3) is 11.2 Å². The number of fused-ring (bicyclic) bond motifs is 3. The maximum Gasteiger partial charge on any atom is 0.332 e. The Morgan fingerprint density at radius 1 is 1.27 bits per heavy atom. The summed E-state index contributed by atoms with van der Waals surface area (Å²) in [5, 5.41) is 5.96. The van der Waals surface area contributed by atoms with Crippen molar-refractivity contribution >= 4 is 22.8 Å². The first-order chi connectivity index (χ1) is 10.5. The Labute approximate surface area is 126 Å². The van der Waals surface area contributed by atoms with Gasteiger partial charge >= 0.3 is 5.69 Å². The first-order valence-electron chi connectivity index (χ1n) is 7.04. The van der Waals surface area contributed by atoms with Gasteiger partial charge in [0.15, 0.2) is 11.2 Å². The Morgan fingerprint density at radius 2 is 2.00 bits per heavy atom. The molecule has 0 amide bonds. The summed E-state index contributed by atoms with van der Waals surface area (Å²) in [4.78, 5) is 29.5. The van der Waals surface area contributed by atoms with Crippen molar-refractivity contribution in [1.29, 1.82) is 0 Å². The number of hydrogen-bond acceptors (Lipinski definition) is 5. The molecular weight excluding hydrogens is 284 g/mol. The Hall–Kier alpha value is -2.64. The molecule has 0 aromatic carbocycles. The number of imidazole rings is 1. The highest BCUT2D eigenvalue weighted by Crippen LogP contribution is 2.21. The summed E-state index contributed by atoms with van der Waals surface area (Å²) in [5.74, 6) is 0.566. The molecule has 2 aromatic heterocycles. The number of aromatic nitrogens is 4. The Balaban J connectivity index is 2.39. The highest BCUT2D eigenvalue weighted by atomic mass is 16.2. The predicted molar refractivity (Wildman–Crippen MR) is 85.6 cm³/mol. The van der Waals surface area contributed by atoms with E-state index in [4.69, 9.17) is 0 Å². The van der Waals surface area contributed by atoms with Gasteiger partial charge in [-0.2, -0.15) is 10.1 Å². The van der Waals surface area contributed by atoms with Gasteiger partial charge in [-0.25, -0.2) is 9.80 Å². The van der Waals surface area contributed by atoms with Crippen LogP contribution >= 0.6 is 0 Å². The molecule has 116 valence electrons. The van der Waals surface area contributed by atoms with Crippen molar-refractivity contribution < 1.29 is 0 Å². The monoisotopic (exact) mass is 302 g/mol. The number of hydrogen-bond donors (Lipinski definition) is 0. The minimum atomic E-state index is -0.369. The van der Waals surface area contributed by atoms with Gasteiger partial charge < -0.3 is 0 Å². The van der Waals surface area contributed by atoms with Crippen molar-refractivity contribution in [3.8, 4) is 0 Å². The molecule has 8 heteroatoms. The van der Waals surface area contributed by atoms with Crippen molar-refractivity contribution in [3.05, 3.63) is 33.0 Å². The Kier molecular flexibility index (Phi) is 3.23. The summed E-state index contributed by atoms with van der Waals surface area (Å²) < 4.78 is 4.44. The second-order valence-corrected chi connectivity index (χ2v) is 5.36. The van der Waals surface area contributed by atoms with Crippen LogP contribution in [0.1, 0.15) is 13.8 Å². The minimum Gasteiger partial charge on any atom is -0.297 e. The van der Waals surface area contributed by atoms with Crippen LogP contribution in [0.4, 0.5) is 5.95 Å². The second-order valence-electron chi connectivity index (χ2n) is 5.36. The number of rotatable bonds is 2. The van der Waals surface area contributed by atoms with Crippen LogP contribution in [0.5, 0.6) is 0 Å². The maximum atomic E-state index is 12.8. The summed E-state index contributed by atoms with van der Waals surface area (Å²) >= 11 is 0. The standard InChI is InChI=1S/C14H18N6O2/c1-5-6-7-19-12(21)10-11(17(3)14(19)22)15-13-18(4)16-9(2)8-20(10)13/h5-6H,7-8H2,1-4H3. The summed E-state index contributed by atoms with van der Waals surface area (Å²) in [6, 6.07) is 0. The van der Waals surface area contributed by atoms with Gasteiger partial charge in [-0.3, -0.25) is 18.5 Å². The van der Waals surface area contributed by atoms with E-state index in [9.17, 15) is 9.59 Å². The van der Waals surface area contributed by atoms with Gasteiger partial charge in [-0.1, -0.05) is 12.2 Å². The summed E-state index contributed by atoms with van der Waals surface area (Å²) in [5.41, 5.74) is 1.01. The van der Waals surface area contributed by atoms with Gasteiger partial charge in [0.25, 0.3) is 5.56 Å². The zero-order chi connectivity index (χ0) is 16.0. The van der Waals surface area contributed by atoms with Gasteiger partial charge in [0.05, 0.1) is 12.3 Å². The van der Waals surface area contributed by atoms with Crippen molar-refractivity contribution in [2.24, 2.45) is 12.1 Å². The van der Waals surface area contributed by atoms with Crippen LogP contribution in [0, 0.1) is 0 Å². The zero-order valence-electron chi connectivity index (χ0n) is 13.1. The molecule has 1 aliphatic heterocycles. The fourth-order valence-electron chi connectivity index (χ4n) is 2.69. The van der Waals surface area contributed by atoms with E-state index in [1.807, 2.05) is 24.5 Å². The van der Waals surface area contributed by atoms with E-state index < -0.39 is 0 Å². The summed E-state index contributed by atoms with van der Waals surface area (Å²) in [7, 11) is 3.40. The number of anilines is 1. The molecule has 0 atom stereocenters. The quantitative estimate of drug-likeness (QED) is 0.748. The lowest BCUT2D eigenvalue weighted by atomic mass is 10.4. The first kappa shape index (κ1) is 14.3. The molecule has 1 aliphatic rings. The molecule has 0 N–H and O–H groups in total. The molecule has 22 heavy (non-hydrogen) atoms. The van der Waals surface area contributed by atoms with Crippen LogP contribution in [0.15, 0.2) is 26.8 Å². The molecule has 3 rings (SSSR count). The third-order valence-electron chi connectivity index (χ3n) is 3.73. The average Bonchev–Trinajstić information content (AvgIpc) is 2.85. The molecule has 0 unspecified atom stereocenters. The lowest BCUT2D eigenvalue weighted by molar-refractivity contribution is 0.663. The van der Waals surface area contributed by atoms with E-state index in [2.05, 4.69) is 10.1 Å². The molecule has 0 fully saturated rings. The Morgan fingerprint density at radius 3 is 2.68 bits per heavy atom. The Bertz CT molecular complexity index is 927. The molecule has 8 nitrogen and oxygen atoms in total. The molecule has 0 bridgehead atoms. The van der Waals surface area contributed by atoms with Gasteiger partial charge in [0.2, 0.25) is 5.95 Å². The van der Waals surface area contributed by atoms with E-state index in [0.717, 1.165) is 5.71 Å². The third-order valence-corrected chi connectivity index (χ3v) is 3.73. The van der Waals surface area contributed by atoms with Gasteiger partial charge in [0, 0.05) is 20.6 Å². The lowest BCUT2D eigenvalue weighted by Gasteiger charge is -2.20. The topological polar surface area (TPSA) is 77.4 Å². The molecule has 0 saturated heterocycles. The fourth-order valence-corrected chi connectivity index (χ4v) is 2.69. The van der Waals surface area contributed by atoms with Crippen LogP contribution in [0.3, 0.4) is 0 Å². The van der Waals surface area contributed by atoms with E-state index in [1.54, 1.807) is 25.2 Å². The van der Waals surface area contributed by atoms with Crippen molar-refractivity contribution in [2.75, 3.05) is 12.1 Å². The summed E-state index contributed by atoms with van der Waals surface area (Å²) in [6.07, 6.45) is 3.59. The largest absolute Gasteiger partial charge is 0.332 e. The van der Waals surface area contributed by atoms with Crippen LogP contribution in [-0.4, -0.2) is 31.4 Å². The maximum absolute atomic E-state index is 12.8. The van der Waals surface area contributed by atoms with Crippen LogP contribution in [-0.2, 0) is 20.1 Å². The van der Waals surface area contributed by atoms with E-state index in [-0.39, 0.29) is 17.8 Å². The lowest BCUT2D eigenvalue weighted by Crippen LogP contribution is -2.39. The molecular formula is C14H18N6O2. The number of allylic oxidation sites excluding steroid dienone is 2. The smallest absolute Gasteiger partial charge is 0.297 e.